The summed E-state index contributed by atoms with van der Waals surface area (Å²) in [7, 11) is 0. The first-order chi connectivity index (χ1) is 16.3. The number of hydrogen-bond acceptors (Lipinski definition) is 0. The van der Waals surface area contributed by atoms with Gasteiger partial charge in [0.25, 0.3) is 0 Å². The second-order valence-corrected chi connectivity index (χ2v) is 9.13. The van der Waals surface area contributed by atoms with E-state index in [0.717, 1.165) is 0 Å². The van der Waals surface area contributed by atoms with Gasteiger partial charge in [-0.05, 0) is 43.3 Å². The highest BCUT2D eigenvalue weighted by molar-refractivity contribution is 6.23. The summed E-state index contributed by atoms with van der Waals surface area (Å²) in [6.07, 6.45) is 0. The van der Waals surface area contributed by atoms with Crippen LogP contribution in [0.1, 0.15) is 5.56 Å². The minimum atomic E-state index is 1.20. The molecule has 3 heterocycles. The molecular formula is C31H20N2. The van der Waals surface area contributed by atoms with Crippen LogP contribution in [0, 0.1) is 6.92 Å². The third-order valence-corrected chi connectivity index (χ3v) is 7.29. The molecule has 0 amide bonds. The fraction of sp³-hybridized carbons (Fsp3) is 0.0323. The SMILES string of the molecule is Cc1ccc2c(c1)c1ccccc1n2-c1ccc2c3cccc4c5ccccc5n(c2c1)c43. The molecule has 2 nitrogen and oxygen atoms in total. The van der Waals surface area contributed by atoms with Crippen LogP contribution in [0.25, 0.3) is 65.6 Å². The summed E-state index contributed by atoms with van der Waals surface area (Å²) in [5.74, 6) is 0. The zero-order valence-electron chi connectivity index (χ0n) is 18.2. The van der Waals surface area contributed by atoms with Gasteiger partial charge in [-0.1, -0.05) is 72.3 Å². The maximum Gasteiger partial charge on any atom is 0.0620 e. The summed E-state index contributed by atoms with van der Waals surface area (Å²) >= 11 is 0. The molecule has 0 N–H and O–H groups in total. The summed E-state index contributed by atoms with van der Waals surface area (Å²) in [4.78, 5) is 0. The number of benzene rings is 5. The second-order valence-electron chi connectivity index (χ2n) is 9.13. The number of fused-ring (bicyclic) bond motifs is 9. The van der Waals surface area contributed by atoms with Gasteiger partial charge in [0.1, 0.15) is 0 Å². The summed E-state index contributed by atoms with van der Waals surface area (Å²) in [5, 5.41) is 7.88. The maximum absolute atomic E-state index is 2.46. The van der Waals surface area contributed by atoms with Crippen LogP contribution < -0.4 is 0 Å². The van der Waals surface area contributed by atoms with Gasteiger partial charge < -0.3 is 8.97 Å². The van der Waals surface area contributed by atoms with Crippen LogP contribution >= 0.6 is 0 Å². The van der Waals surface area contributed by atoms with Crippen molar-refractivity contribution in [2.24, 2.45) is 0 Å². The fourth-order valence-electron chi connectivity index (χ4n) is 5.92. The van der Waals surface area contributed by atoms with Crippen molar-refractivity contribution in [3.63, 3.8) is 0 Å². The molecule has 0 saturated carbocycles. The average molecular weight is 421 g/mol. The van der Waals surface area contributed by atoms with Crippen LogP contribution in [0.3, 0.4) is 0 Å². The van der Waals surface area contributed by atoms with Gasteiger partial charge >= 0.3 is 0 Å². The topological polar surface area (TPSA) is 9.34 Å². The first-order valence-electron chi connectivity index (χ1n) is 11.5. The highest BCUT2D eigenvalue weighted by atomic mass is 15.0. The third-order valence-electron chi connectivity index (χ3n) is 7.29. The molecule has 0 fully saturated rings. The van der Waals surface area contributed by atoms with Gasteiger partial charge in [-0.25, -0.2) is 0 Å². The van der Waals surface area contributed by atoms with Gasteiger partial charge in [0.2, 0.25) is 0 Å². The van der Waals surface area contributed by atoms with Crippen molar-refractivity contribution in [3.05, 3.63) is 109 Å². The van der Waals surface area contributed by atoms with E-state index in [9.17, 15) is 0 Å². The Morgan fingerprint density at radius 2 is 1.09 bits per heavy atom. The Bertz CT molecular complexity index is 2030. The first kappa shape index (κ1) is 17.3. The number of aromatic nitrogens is 2. The molecule has 0 atom stereocenters. The van der Waals surface area contributed by atoms with Gasteiger partial charge in [0.05, 0.1) is 27.6 Å². The van der Waals surface area contributed by atoms with Gasteiger partial charge in [-0.15, -0.1) is 0 Å². The van der Waals surface area contributed by atoms with Gasteiger partial charge in [-0.2, -0.15) is 0 Å². The van der Waals surface area contributed by atoms with E-state index in [0.29, 0.717) is 0 Å². The Kier molecular flexibility index (Phi) is 3.11. The lowest BCUT2D eigenvalue weighted by Gasteiger charge is -2.09. The largest absolute Gasteiger partial charge is 0.309 e. The average Bonchev–Trinajstić information content (AvgIpc) is 3.48. The van der Waals surface area contributed by atoms with Gasteiger partial charge in [0, 0.05) is 38.0 Å². The molecule has 33 heavy (non-hydrogen) atoms. The molecule has 0 saturated heterocycles. The molecule has 5 aromatic carbocycles. The smallest absolute Gasteiger partial charge is 0.0620 e. The Hall–Kier alpha value is -4.30. The zero-order chi connectivity index (χ0) is 21.7. The summed E-state index contributed by atoms with van der Waals surface area (Å²) in [6.45, 7) is 2.17. The first-order valence-corrected chi connectivity index (χ1v) is 11.5. The molecule has 0 spiro atoms. The maximum atomic E-state index is 2.46. The van der Waals surface area contributed by atoms with E-state index < -0.39 is 0 Å². The summed E-state index contributed by atoms with van der Waals surface area (Å²) in [5.41, 5.74) is 8.84. The highest BCUT2D eigenvalue weighted by Gasteiger charge is 2.18. The molecule has 0 radical (unpaired) electrons. The summed E-state index contributed by atoms with van der Waals surface area (Å²) in [6, 6.07) is 37.9. The molecule has 8 aromatic rings. The highest BCUT2D eigenvalue weighted by Crippen LogP contribution is 2.40. The standard InChI is InChI=1S/C31H20N2/c1-19-13-16-29-26(17-19)22-8-3-4-11-27(22)32(29)20-14-15-23-25-10-6-9-24-21-7-2-5-12-28(21)33(31(24)25)30(23)18-20/h2-18H,1H3. The van der Waals surface area contributed by atoms with E-state index in [4.69, 9.17) is 0 Å². The van der Waals surface area contributed by atoms with E-state index in [2.05, 4.69) is 119 Å². The Labute approximate surface area is 190 Å². The van der Waals surface area contributed by atoms with Gasteiger partial charge in [-0.3, -0.25) is 0 Å². The molecule has 0 unspecified atom stereocenters. The van der Waals surface area contributed by atoms with E-state index in [1.165, 1.54) is 71.2 Å². The van der Waals surface area contributed by atoms with E-state index in [1.807, 2.05) is 0 Å². The quantitative estimate of drug-likeness (QED) is 0.253. The van der Waals surface area contributed by atoms with Crippen molar-refractivity contribution < 1.29 is 0 Å². The number of rotatable bonds is 1. The van der Waals surface area contributed by atoms with E-state index in [-0.39, 0.29) is 0 Å². The molecule has 3 aromatic heterocycles. The van der Waals surface area contributed by atoms with E-state index >= 15 is 0 Å². The molecule has 8 rings (SSSR count). The molecule has 0 aliphatic heterocycles. The van der Waals surface area contributed by atoms with Crippen LogP contribution in [0.15, 0.2) is 103 Å². The number of para-hydroxylation sites is 3. The summed E-state index contributed by atoms with van der Waals surface area (Å²) < 4.78 is 4.87. The molecule has 2 heteroatoms. The monoisotopic (exact) mass is 420 g/mol. The van der Waals surface area contributed by atoms with Crippen LogP contribution in [0.5, 0.6) is 0 Å². The molecule has 154 valence electrons. The minimum Gasteiger partial charge on any atom is -0.309 e. The van der Waals surface area contributed by atoms with Crippen molar-refractivity contribution in [1.82, 2.24) is 8.97 Å². The molecular weight excluding hydrogens is 400 g/mol. The fourth-order valence-corrected chi connectivity index (χ4v) is 5.92. The normalized spacial score (nSPS) is 12.4. The molecule has 0 aliphatic carbocycles. The second kappa shape index (κ2) is 5.93. The Morgan fingerprint density at radius 3 is 1.91 bits per heavy atom. The van der Waals surface area contributed by atoms with Crippen molar-refractivity contribution in [1.29, 1.82) is 0 Å². The van der Waals surface area contributed by atoms with Gasteiger partial charge in [0.15, 0.2) is 0 Å². The number of nitrogens with zero attached hydrogens (tertiary/aromatic N) is 2. The lowest BCUT2D eigenvalue weighted by Crippen LogP contribution is -1.94. The van der Waals surface area contributed by atoms with Crippen molar-refractivity contribution in [3.8, 4) is 5.69 Å². The van der Waals surface area contributed by atoms with Crippen LogP contribution in [0.2, 0.25) is 0 Å². The predicted octanol–water partition coefficient (Wildman–Crippen LogP) is 8.24. The predicted molar refractivity (Wildman–Crippen MR) is 140 cm³/mol. The van der Waals surface area contributed by atoms with Crippen LogP contribution in [-0.4, -0.2) is 8.97 Å². The van der Waals surface area contributed by atoms with Crippen LogP contribution in [-0.2, 0) is 0 Å². The minimum absolute atomic E-state index is 1.20. The van der Waals surface area contributed by atoms with Crippen molar-refractivity contribution in [2.45, 2.75) is 6.92 Å². The molecule has 0 aliphatic rings. The Morgan fingerprint density at radius 1 is 0.455 bits per heavy atom. The Balaban J connectivity index is 1.56. The number of aryl methyl sites for hydroxylation is 1. The lowest BCUT2D eigenvalue weighted by atomic mass is 10.1. The third kappa shape index (κ3) is 2.08. The lowest BCUT2D eigenvalue weighted by molar-refractivity contribution is 1.18. The molecule has 0 bridgehead atoms. The van der Waals surface area contributed by atoms with Crippen molar-refractivity contribution >= 4 is 59.9 Å². The number of hydrogen-bond donors (Lipinski definition) is 0. The van der Waals surface area contributed by atoms with Crippen molar-refractivity contribution in [2.75, 3.05) is 0 Å². The van der Waals surface area contributed by atoms with E-state index in [1.54, 1.807) is 0 Å². The zero-order valence-corrected chi connectivity index (χ0v) is 18.2. The van der Waals surface area contributed by atoms with Crippen LogP contribution in [0.4, 0.5) is 0 Å².